The number of hydrogen-bond acceptors (Lipinski definition) is 2. The summed E-state index contributed by atoms with van der Waals surface area (Å²) in [6, 6.07) is 0. The van der Waals surface area contributed by atoms with Crippen LogP contribution >= 0.6 is 23.4 Å². The van der Waals surface area contributed by atoms with E-state index in [0.29, 0.717) is 5.75 Å². The van der Waals surface area contributed by atoms with Crippen molar-refractivity contribution in [3.63, 3.8) is 0 Å². The van der Waals surface area contributed by atoms with Gasteiger partial charge in [-0.15, -0.1) is 0 Å². The summed E-state index contributed by atoms with van der Waals surface area (Å²) >= 11 is 6.92. The summed E-state index contributed by atoms with van der Waals surface area (Å²) in [4.78, 5) is 10.4. The van der Waals surface area contributed by atoms with E-state index in [-0.39, 0.29) is 5.24 Å². The normalized spacial score (nSPS) is 19.4. The molecule has 0 radical (unpaired) electrons. The molecule has 0 N–H and O–H groups in total. The van der Waals surface area contributed by atoms with Crippen molar-refractivity contribution in [3.8, 4) is 0 Å². The second kappa shape index (κ2) is 5.87. The van der Waals surface area contributed by atoms with Gasteiger partial charge in [0, 0.05) is 0 Å². The molecule has 1 fully saturated rings. The molecule has 0 heterocycles. The topological polar surface area (TPSA) is 17.1 Å². The molecule has 0 aromatic rings. The van der Waals surface area contributed by atoms with Crippen LogP contribution in [0.5, 0.6) is 0 Å². The van der Waals surface area contributed by atoms with E-state index in [9.17, 15) is 4.79 Å². The number of carbonyl (C=O) groups is 1. The summed E-state index contributed by atoms with van der Waals surface area (Å²) in [6.07, 6.45) is 6.85. The lowest BCUT2D eigenvalue weighted by atomic mass is 9.91. The molecule has 0 unspecified atom stereocenters. The molecule has 12 heavy (non-hydrogen) atoms. The van der Waals surface area contributed by atoms with Gasteiger partial charge < -0.3 is 0 Å². The van der Waals surface area contributed by atoms with Crippen molar-refractivity contribution < 1.29 is 4.79 Å². The lowest BCUT2D eigenvalue weighted by Crippen LogP contribution is -2.09. The van der Waals surface area contributed by atoms with E-state index in [2.05, 4.69) is 0 Å². The quantitative estimate of drug-likeness (QED) is 0.658. The lowest BCUT2D eigenvalue weighted by molar-refractivity contribution is -0.109. The Morgan fingerprint density at radius 1 is 1.33 bits per heavy atom. The first-order chi connectivity index (χ1) is 5.79. The highest BCUT2D eigenvalue weighted by Gasteiger charge is 2.13. The van der Waals surface area contributed by atoms with Gasteiger partial charge in [0.1, 0.15) is 0 Å². The van der Waals surface area contributed by atoms with Gasteiger partial charge in [0.05, 0.1) is 5.75 Å². The first-order valence-corrected chi connectivity index (χ1v) is 6.08. The van der Waals surface area contributed by atoms with E-state index in [4.69, 9.17) is 11.6 Å². The molecule has 0 amide bonds. The van der Waals surface area contributed by atoms with Gasteiger partial charge in [-0.2, -0.15) is 11.8 Å². The molecule has 3 heteroatoms. The smallest absolute Gasteiger partial charge is 0.231 e. The monoisotopic (exact) mass is 206 g/mol. The van der Waals surface area contributed by atoms with Crippen LogP contribution in [0.25, 0.3) is 0 Å². The van der Waals surface area contributed by atoms with Crippen LogP contribution in [0.15, 0.2) is 0 Å². The number of carbonyl (C=O) groups excluding carboxylic acids is 1. The van der Waals surface area contributed by atoms with Gasteiger partial charge in [0.25, 0.3) is 0 Å². The third-order valence-electron chi connectivity index (χ3n) is 2.29. The Morgan fingerprint density at radius 2 is 2.00 bits per heavy atom. The summed E-state index contributed by atoms with van der Waals surface area (Å²) in [5.41, 5.74) is 0. The standard InChI is InChI=1S/C9H15ClOS/c10-9(11)7-12-6-8-4-2-1-3-5-8/h8H,1-7H2. The molecule has 0 saturated heterocycles. The van der Waals surface area contributed by atoms with Crippen LogP contribution < -0.4 is 0 Å². The predicted octanol–water partition coefficient (Wildman–Crippen LogP) is 3.07. The molecule has 1 nitrogen and oxygen atoms in total. The van der Waals surface area contributed by atoms with Gasteiger partial charge in [0.2, 0.25) is 5.24 Å². The average molecular weight is 207 g/mol. The minimum atomic E-state index is -0.212. The van der Waals surface area contributed by atoms with Crippen molar-refractivity contribution in [2.75, 3.05) is 11.5 Å². The van der Waals surface area contributed by atoms with Crippen LogP contribution in [0.3, 0.4) is 0 Å². The predicted molar refractivity (Wildman–Crippen MR) is 54.8 cm³/mol. The van der Waals surface area contributed by atoms with E-state index in [1.165, 1.54) is 32.1 Å². The highest BCUT2D eigenvalue weighted by atomic mass is 35.5. The van der Waals surface area contributed by atoms with Gasteiger partial charge in [-0.25, -0.2) is 0 Å². The molecule has 1 rings (SSSR count). The van der Waals surface area contributed by atoms with E-state index < -0.39 is 0 Å². The average Bonchev–Trinajstić information content (AvgIpc) is 2.05. The van der Waals surface area contributed by atoms with Crippen LogP contribution in [0.2, 0.25) is 0 Å². The highest BCUT2D eigenvalue weighted by molar-refractivity contribution is 8.00. The van der Waals surface area contributed by atoms with E-state index in [1.807, 2.05) is 0 Å². The molecule has 0 aromatic carbocycles. The number of rotatable bonds is 4. The first kappa shape index (κ1) is 10.4. The van der Waals surface area contributed by atoms with E-state index in [0.717, 1.165) is 11.7 Å². The largest absolute Gasteiger partial charge is 0.280 e. The van der Waals surface area contributed by atoms with Crippen LogP contribution in [-0.2, 0) is 4.79 Å². The van der Waals surface area contributed by atoms with Crippen molar-refractivity contribution in [2.45, 2.75) is 32.1 Å². The fourth-order valence-corrected chi connectivity index (χ4v) is 2.84. The molecule has 1 aliphatic carbocycles. The zero-order valence-corrected chi connectivity index (χ0v) is 8.79. The Kier molecular flexibility index (Phi) is 5.08. The minimum absolute atomic E-state index is 0.212. The Balaban J connectivity index is 2.01. The molecule has 0 aromatic heterocycles. The number of halogens is 1. The van der Waals surface area contributed by atoms with Gasteiger partial charge in [0.15, 0.2) is 0 Å². The highest BCUT2D eigenvalue weighted by Crippen LogP contribution is 2.26. The van der Waals surface area contributed by atoms with Crippen molar-refractivity contribution >= 4 is 28.6 Å². The fourth-order valence-electron chi connectivity index (χ4n) is 1.66. The van der Waals surface area contributed by atoms with Crippen molar-refractivity contribution in [1.82, 2.24) is 0 Å². The maximum absolute atomic E-state index is 10.4. The summed E-state index contributed by atoms with van der Waals surface area (Å²) in [5, 5.41) is -0.212. The first-order valence-electron chi connectivity index (χ1n) is 4.55. The number of thioether (sulfide) groups is 1. The molecule has 0 atom stereocenters. The minimum Gasteiger partial charge on any atom is -0.280 e. The maximum atomic E-state index is 10.4. The van der Waals surface area contributed by atoms with Crippen LogP contribution in [0.1, 0.15) is 32.1 Å². The third kappa shape index (κ3) is 4.36. The molecule has 1 aliphatic rings. The zero-order valence-electron chi connectivity index (χ0n) is 7.22. The van der Waals surface area contributed by atoms with Crippen molar-refractivity contribution in [2.24, 2.45) is 5.92 Å². The number of hydrogen-bond donors (Lipinski definition) is 0. The second-order valence-corrected chi connectivity index (χ2v) is 4.83. The summed E-state index contributed by atoms with van der Waals surface area (Å²) < 4.78 is 0. The summed E-state index contributed by atoms with van der Waals surface area (Å²) in [6.45, 7) is 0. The van der Waals surface area contributed by atoms with Crippen LogP contribution in [0.4, 0.5) is 0 Å². The molecule has 0 spiro atoms. The SMILES string of the molecule is O=C(Cl)CSCC1CCCCC1. The van der Waals surface area contributed by atoms with Gasteiger partial charge in [-0.3, -0.25) is 4.79 Å². The lowest BCUT2D eigenvalue weighted by Gasteiger charge is -2.20. The van der Waals surface area contributed by atoms with Gasteiger partial charge >= 0.3 is 0 Å². The maximum Gasteiger partial charge on any atom is 0.231 e. The summed E-state index contributed by atoms with van der Waals surface area (Å²) in [5.74, 6) is 2.45. The second-order valence-electron chi connectivity index (χ2n) is 3.37. The van der Waals surface area contributed by atoms with Gasteiger partial charge in [-0.05, 0) is 36.1 Å². The fraction of sp³-hybridized carbons (Fsp3) is 0.889. The molecule has 70 valence electrons. The van der Waals surface area contributed by atoms with Gasteiger partial charge in [-0.1, -0.05) is 19.3 Å². The van der Waals surface area contributed by atoms with Crippen LogP contribution in [-0.4, -0.2) is 16.7 Å². The Bertz CT molecular complexity index is 143. The third-order valence-corrected chi connectivity index (χ3v) is 3.76. The molecule has 0 bridgehead atoms. The molecular formula is C9H15ClOS. The Hall–Kier alpha value is 0.310. The van der Waals surface area contributed by atoms with E-state index >= 15 is 0 Å². The van der Waals surface area contributed by atoms with Crippen LogP contribution in [0, 0.1) is 5.92 Å². The Morgan fingerprint density at radius 3 is 2.58 bits per heavy atom. The Labute approximate surface area is 83.2 Å². The molecular weight excluding hydrogens is 192 g/mol. The van der Waals surface area contributed by atoms with Crippen molar-refractivity contribution in [3.05, 3.63) is 0 Å². The molecule has 1 saturated carbocycles. The molecule has 0 aliphatic heterocycles. The van der Waals surface area contributed by atoms with Crippen molar-refractivity contribution in [1.29, 1.82) is 0 Å². The van der Waals surface area contributed by atoms with E-state index in [1.54, 1.807) is 11.8 Å². The zero-order chi connectivity index (χ0) is 8.81. The summed E-state index contributed by atoms with van der Waals surface area (Å²) in [7, 11) is 0.